The second kappa shape index (κ2) is 6.52. The number of pyridine rings is 1. The number of hydrogen-bond donors (Lipinski definition) is 0. The molecule has 0 saturated heterocycles. The maximum absolute atomic E-state index is 13.3. The summed E-state index contributed by atoms with van der Waals surface area (Å²) < 4.78 is 14.6. The highest BCUT2D eigenvalue weighted by Crippen LogP contribution is 2.39. The van der Waals surface area contributed by atoms with Crippen molar-refractivity contribution >= 4 is 22.2 Å². The summed E-state index contributed by atoms with van der Waals surface area (Å²) in [5.74, 6) is 0. The predicted molar refractivity (Wildman–Crippen MR) is 103 cm³/mol. The summed E-state index contributed by atoms with van der Waals surface area (Å²) in [4.78, 5) is 22.1. The molecule has 1 saturated carbocycles. The number of fused-ring (bicyclic) bond motifs is 3. The third-order valence-corrected chi connectivity index (χ3v) is 6.92. The molecular formula is C20H21N3O2S. The van der Waals surface area contributed by atoms with Crippen LogP contribution < -0.4 is 5.56 Å². The van der Waals surface area contributed by atoms with Gasteiger partial charge in [0.1, 0.15) is 5.25 Å². The summed E-state index contributed by atoms with van der Waals surface area (Å²) in [6.45, 7) is 0. The average molecular weight is 367 g/mol. The number of nitrogens with zero attached hydrogens (tertiary/aromatic N) is 3. The lowest BCUT2D eigenvalue weighted by molar-refractivity contribution is 0.500. The highest BCUT2D eigenvalue weighted by molar-refractivity contribution is 7.91. The van der Waals surface area contributed by atoms with Crippen LogP contribution >= 0.6 is 0 Å². The summed E-state index contributed by atoms with van der Waals surface area (Å²) in [6, 6.07) is 11.8. The number of benzene rings is 1. The molecule has 3 unspecified atom stereocenters. The maximum atomic E-state index is 13.3. The molecule has 26 heavy (non-hydrogen) atoms. The van der Waals surface area contributed by atoms with E-state index in [1.54, 1.807) is 10.8 Å². The first kappa shape index (κ1) is 17.2. The molecule has 2 aliphatic rings. The first-order valence-electron chi connectivity index (χ1n) is 8.58. The van der Waals surface area contributed by atoms with Gasteiger partial charge in [0.25, 0.3) is 5.56 Å². The molecule has 5 nitrogen and oxygen atoms in total. The summed E-state index contributed by atoms with van der Waals surface area (Å²) in [5, 5.41) is 1.15. The number of rotatable bonds is 2. The molecule has 2 bridgehead atoms. The fourth-order valence-electron chi connectivity index (χ4n) is 4.10. The van der Waals surface area contributed by atoms with Crippen molar-refractivity contribution in [2.45, 2.75) is 49.6 Å². The lowest BCUT2D eigenvalue weighted by Gasteiger charge is -2.21. The smallest absolute Gasteiger partial charge is 0.345 e. The van der Waals surface area contributed by atoms with Crippen molar-refractivity contribution in [3.63, 3.8) is 0 Å². The molecule has 5 rings (SSSR count). The van der Waals surface area contributed by atoms with Crippen LogP contribution in [0.4, 0.5) is 0 Å². The molecule has 3 atom stereocenters. The molecule has 134 valence electrons. The summed E-state index contributed by atoms with van der Waals surface area (Å²) in [6.07, 6.45) is 5.01. The Kier molecular flexibility index (Phi) is 4.32. The lowest BCUT2D eigenvalue weighted by Crippen LogP contribution is -2.33. The molecule has 0 spiro atoms. The van der Waals surface area contributed by atoms with E-state index in [1.165, 1.54) is 0 Å². The topological polar surface area (TPSA) is 70.8 Å². The first-order valence-corrected chi connectivity index (χ1v) is 9.79. The van der Waals surface area contributed by atoms with E-state index in [4.69, 9.17) is 0 Å². The van der Waals surface area contributed by atoms with Gasteiger partial charge in [-0.2, -0.15) is 9.97 Å². The van der Waals surface area contributed by atoms with Gasteiger partial charge < -0.3 is 4.55 Å². The van der Waals surface area contributed by atoms with Gasteiger partial charge in [0.2, 0.25) is 0 Å². The largest absolute Gasteiger partial charge is 0.609 e. The van der Waals surface area contributed by atoms with Crippen LogP contribution in [0.2, 0.25) is 0 Å². The molecule has 0 N–H and O–H groups in total. The van der Waals surface area contributed by atoms with Crippen LogP contribution in [0, 0.1) is 0 Å². The van der Waals surface area contributed by atoms with Gasteiger partial charge in [-0.05, 0) is 30.9 Å². The zero-order valence-corrected chi connectivity index (χ0v) is 14.4. The highest BCUT2D eigenvalue weighted by atomic mass is 32.2. The Morgan fingerprint density at radius 1 is 1.23 bits per heavy atom. The van der Waals surface area contributed by atoms with Crippen molar-refractivity contribution in [2.24, 2.45) is 0 Å². The van der Waals surface area contributed by atoms with Crippen molar-refractivity contribution in [2.75, 3.05) is 0 Å². The Morgan fingerprint density at radius 2 is 2.04 bits per heavy atom. The molecule has 1 aliphatic heterocycles. The van der Waals surface area contributed by atoms with Crippen LogP contribution in [0.15, 0.2) is 52.5 Å². The SMILES string of the molecule is C.O=c1c(Cc2ccccc2)cc2cnc3nc2n1C1CCCC1[S+]3[O-]. The van der Waals surface area contributed by atoms with E-state index >= 15 is 0 Å². The minimum atomic E-state index is -1.24. The minimum Gasteiger partial charge on any atom is -0.609 e. The monoisotopic (exact) mass is 367 g/mol. The van der Waals surface area contributed by atoms with Crippen molar-refractivity contribution in [1.29, 1.82) is 0 Å². The summed E-state index contributed by atoms with van der Waals surface area (Å²) in [7, 11) is 0. The zero-order chi connectivity index (χ0) is 17.0. The van der Waals surface area contributed by atoms with Gasteiger partial charge in [-0.3, -0.25) is 9.36 Å². The second-order valence-electron chi connectivity index (χ2n) is 6.77. The average Bonchev–Trinajstić information content (AvgIpc) is 3.08. The molecule has 0 radical (unpaired) electrons. The molecule has 2 aromatic heterocycles. The van der Waals surface area contributed by atoms with Crippen molar-refractivity contribution in [3.8, 4) is 0 Å². The van der Waals surface area contributed by atoms with Crippen LogP contribution in [0.5, 0.6) is 0 Å². The van der Waals surface area contributed by atoms with Gasteiger partial charge in [-0.15, -0.1) is 0 Å². The van der Waals surface area contributed by atoms with Crippen LogP contribution in [-0.2, 0) is 17.6 Å². The van der Waals surface area contributed by atoms with Crippen molar-refractivity contribution < 1.29 is 4.55 Å². The molecule has 1 aromatic carbocycles. The molecule has 1 aliphatic carbocycles. The first-order chi connectivity index (χ1) is 12.2. The molecule has 1 fully saturated rings. The van der Waals surface area contributed by atoms with Gasteiger partial charge >= 0.3 is 5.16 Å². The fraction of sp³-hybridized carbons (Fsp3) is 0.350. The maximum Gasteiger partial charge on any atom is 0.345 e. The van der Waals surface area contributed by atoms with Gasteiger partial charge in [-0.25, -0.2) is 0 Å². The van der Waals surface area contributed by atoms with Gasteiger partial charge in [0.05, 0.1) is 6.04 Å². The Balaban J connectivity index is 0.00000168. The summed E-state index contributed by atoms with van der Waals surface area (Å²) in [5.41, 5.74) is 2.48. The minimum absolute atomic E-state index is 0. The van der Waals surface area contributed by atoms with E-state index in [9.17, 15) is 9.35 Å². The lowest BCUT2D eigenvalue weighted by atomic mass is 10.0. The van der Waals surface area contributed by atoms with Gasteiger partial charge in [0.15, 0.2) is 5.65 Å². The number of aromatic nitrogens is 3. The van der Waals surface area contributed by atoms with E-state index in [1.807, 2.05) is 36.4 Å². The second-order valence-corrected chi connectivity index (χ2v) is 8.34. The zero-order valence-electron chi connectivity index (χ0n) is 13.6. The Hall–Kier alpha value is -2.18. The third-order valence-electron chi connectivity index (χ3n) is 5.27. The normalized spacial score (nSPS) is 23.5. The molecular weight excluding hydrogens is 346 g/mol. The van der Waals surface area contributed by atoms with Crippen molar-refractivity contribution in [1.82, 2.24) is 14.5 Å². The van der Waals surface area contributed by atoms with Gasteiger partial charge in [0, 0.05) is 34.7 Å². The predicted octanol–water partition coefficient (Wildman–Crippen LogP) is 3.23. The van der Waals surface area contributed by atoms with E-state index < -0.39 is 11.2 Å². The summed E-state index contributed by atoms with van der Waals surface area (Å²) >= 11 is -1.24. The van der Waals surface area contributed by atoms with Crippen LogP contribution in [0.1, 0.15) is 43.9 Å². The molecule has 3 aromatic rings. The highest BCUT2D eigenvalue weighted by Gasteiger charge is 2.43. The van der Waals surface area contributed by atoms with Gasteiger partial charge in [-0.1, -0.05) is 37.8 Å². The third kappa shape index (κ3) is 2.56. The molecule has 6 heteroatoms. The van der Waals surface area contributed by atoms with Crippen LogP contribution in [-0.4, -0.2) is 24.3 Å². The van der Waals surface area contributed by atoms with Crippen LogP contribution in [0.3, 0.4) is 0 Å². The molecule has 0 amide bonds. The van der Waals surface area contributed by atoms with Crippen LogP contribution in [0.25, 0.3) is 11.0 Å². The van der Waals surface area contributed by atoms with Crippen molar-refractivity contribution in [3.05, 3.63) is 64.1 Å². The standard InChI is InChI=1S/C19H17N3O2S.CH4/c23-18-13(9-12-5-2-1-3-6-12)10-14-11-20-19-21-17(14)22(18)15-7-4-8-16(15)25(19)24;/h1-3,5-6,10-11,15-16H,4,7-9H2;1H4. The van der Waals surface area contributed by atoms with E-state index in [-0.39, 0.29) is 24.3 Å². The number of hydrogen-bond acceptors (Lipinski definition) is 4. The Bertz CT molecular complexity index is 1020. The fourth-order valence-corrected chi connectivity index (χ4v) is 5.62. The Morgan fingerprint density at radius 3 is 2.85 bits per heavy atom. The molecule has 3 heterocycles. The Labute approximate surface area is 155 Å². The van der Waals surface area contributed by atoms with E-state index in [2.05, 4.69) is 9.97 Å². The van der Waals surface area contributed by atoms with E-state index in [0.717, 1.165) is 35.8 Å². The van der Waals surface area contributed by atoms with E-state index in [0.29, 0.717) is 17.2 Å². The quantitative estimate of drug-likeness (QED) is 0.515.